The minimum absolute atomic E-state index is 0.00875. The van der Waals surface area contributed by atoms with Gasteiger partial charge in [-0.1, -0.05) is 63.5 Å². The second-order valence-corrected chi connectivity index (χ2v) is 13.8. The van der Waals surface area contributed by atoms with Gasteiger partial charge in [0, 0.05) is 42.9 Å². The minimum Gasteiger partial charge on any atom is -0.387 e. The third kappa shape index (κ3) is 5.49. The predicted octanol–water partition coefficient (Wildman–Crippen LogP) is 4.04. The van der Waals surface area contributed by atoms with E-state index in [1.165, 1.54) is 42.9 Å². The summed E-state index contributed by atoms with van der Waals surface area (Å²) in [6.45, 7) is 2.95. The van der Waals surface area contributed by atoms with Crippen LogP contribution in [0.5, 0.6) is 0 Å². The molecule has 0 aromatic carbocycles. The van der Waals surface area contributed by atoms with E-state index in [9.17, 15) is 23.1 Å². The van der Waals surface area contributed by atoms with Crippen LogP contribution in [0.15, 0.2) is 22.0 Å². The van der Waals surface area contributed by atoms with Gasteiger partial charge in [0.05, 0.1) is 17.2 Å². The number of piperidine rings is 1. The van der Waals surface area contributed by atoms with Crippen molar-refractivity contribution in [2.45, 2.75) is 94.6 Å². The van der Waals surface area contributed by atoms with Gasteiger partial charge in [0.1, 0.15) is 4.90 Å². The number of carbonyl (C=O) groups is 1. The molecule has 196 valence electrons. The molecule has 3 aliphatic rings. The first-order valence-electron chi connectivity index (χ1n) is 13.1. The van der Waals surface area contributed by atoms with Crippen LogP contribution in [-0.4, -0.2) is 53.8 Å². The Morgan fingerprint density at radius 2 is 1.83 bits per heavy atom. The first-order valence-corrected chi connectivity index (χ1v) is 15.3. The Labute approximate surface area is 213 Å². The molecule has 2 aliphatic carbocycles. The number of amides is 1. The highest BCUT2D eigenvalue weighted by Gasteiger charge is 2.55. The Bertz CT molecular complexity index is 1110. The second kappa shape index (κ2) is 10.2. The van der Waals surface area contributed by atoms with Gasteiger partial charge in [0.25, 0.3) is 5.56 Å². The summed E-state index contributed by atoms with van der Waals surface area (Å²) in [6.07, 6.45) is 13.3. The van der Waals surface area contributed by atoms with Gasteiger partial charge in [-0.15, -0.1) is 0 Å². The molecule has 3 fully saturated rings. The van der Waals surface area contributed by atoms with Gasteiger partial charge in [0.15, 0.2) is 9.84 Å². The van der Waals surface area contributed by atoms with Crippen molar-refractivity contribution in [3.8, 4) is 0 Å². The van der Waals surface area contributed by atoms with Crippen LogP contribution in [0.4, 0.5) is 0 Å². The van der Waals surface area contributed by atoms with Crippen LogP contribution < -0.4 is 5.56 Å². The standard InChI is InChI=1S/C26H39ClN2O5S/c1-19(14-20-8-4-3-5-9-20)24(31)28-13-12-26(32,25(17-28)10-6-7-11-25)18-29-16-22(35(2,33)34)21(27)15-23(29)30/h15-16,19-20,32H,3-14,17-18H2,1-2H3. The Morgan fingerprint density at radius 3 is 2.46 bits per heavy atom. The van der Waals surface area contributed by atoms with E-state index in [1.54, 1.807) is 0 Å². The molecular formula is C26H39ClN2O5S. The van der Waals surface area contributed by atoms with Crippen molar-refractivity contribution >= 4 is 27.3 Å². The van der Waals surface area contributed by atoms with Crippen LogP contribution in [0, 0.1) is 17.3 Å². The average Bonchev–Trinajstić information content (AvgIpc) is 3.27. The predicted molar refractivity (Wildman–Crippen MR) is 136 cm³/mol. The molecule has 1 aromatic heterocycles. The molecule has 2 atom stereocenters. The fourth-order valence-corrected chi connectivity index (χ4v) is 8.12. The number of hydrogen-bond donors (Lipinski definition) is 1. The maximum absolute atomic E-state index is 13.4. The Balaban J connectivity index is 1.54. The molecule has 1 amide bonds. The van der Waals surface area contributed by atoms with Gasteiger partial charge < -0.3 is 14.6 Å². The van der Waals surface area contributed by atoms with E-state index in [1.807, 2.05) is 11.8 Å². The lowest BCUT2D eigenvalue weighted by Crippen LogP contribution is -2.62. The maximum atomic E-state index is 13.4. The normalized spacial score (nSPS) is 26.2. The molecule has 0 radical (unpaired) electrons. The van der Waals surface area contributed by atoms with Crippen LogP contribution in [-0.2, 0) is 21.2 Å². The van der Waals surface area contributed by atoms with E-state index in [-0.39, 0.29) is 28.3 Å². The van der Waals surface area contributed by atoms with Crippen LogP contribution >= 0.6 is 11.6 Å². The Hall–Kier alpha value is -1.38. The van der Waals surface area contributed by atoms with Crippen LogP contribution in [0.3, 0.4) is 0 Å². The van der Waals surface area contributed by atoms with E-state index < -0.39 is 26.4 Å². The highest BCUT2D eigenvalue weighted by molar-refractivity contribution is 7.90. The van der Waals surface area contributed by atoms with Gasteiger partial charge in [0.2, 0.25) is 5.91 Å². The summed E-state index contributed by atoms with van der Waals surface area (Å²) in [5.41, 5.74) is -2.15. The molecule has 1 aromatic rings. The van der Waals surface area contributed by atoms with E-state index >= 15 is 0 Å². The first kappa shape index (κ1) is 26.7. The largest absolute Gasteiger partial charge is 0.387 e. The first-order chi connectivity index (χ1) is 16.4. The molecule has 1 saturated heterocycles. The maximum Gasteiger partial charge on any atom is 0.252 e. The van der Waals surface area contributed by atoms with Crippen molar-refractivity contribution in [1.29, 1.82) is 0 Å². The zero-order chi connectivity index (χ0) is 25.4. The van der Waals surface area contributed by atoms with Gasteiger partial charge in [-0.05, 0) is 31.6 Å². The number of aliphatic hydroxyl groups is 1. The van der Waals surface area contributed by atoms with Crippen molar-refractivity contribution < 1.29 is 18.3 Å². The molecule has 1 N–H and O–H groups in total. The minimum atomic E-state index is -3.63. The number of sulfone groups is 1. The number of rotatable bonds is 6. The van der Waals surface area contributed by atoms with Gasteiger partial charge in [-0.25, -0.2) is 8.42 Å². The van der Waals surface area contributed by atoms with E-state index in [2.05, 4.69) is 0 Å². The number of halogens is 1. The number of likely N-dealkylation sites (tertiary alicyclic amines) is 1. The summed E-state index contributed by atoms with van der Waals surface area (Å²) in [7, 11) is -3.63. The number of aromatic nitrogens is 1. The smallest absolute Gasteiger partial charge is 0.252 e. The fraction of sp³-hybridized carbons (Fsp3) is 0.769. The second-order valence-electron chi connectivity index (χ2n) is 11.4. The summed E-state index contributed by atoms with van der Waals surface area (Å²) >= 11 is 6.04. The number of pyridine rings is 1. The summed E-state index contributed by atoms with van der Waals surface area (Å²) < 4.78 is 25.6. The molecule has 2 unspecified atom stereocenters. The molecule has 1 spiro atoms. The zero-order valence-corrected chi connectivity index (χ0v) is 22.5. The quantitative estimate of drug-likeness (QED) is 0.603. The van der Waals surface area contributed by atoms with Crippen molar-refractivity contribution in [2.24, 2.45) is 17.3 Å². The molecule has 2 saturated carbocycles. The van der Waals surface area contributed by atoms with Gasteiger partial charge in [-0.2, -0.15) is 0 Å². The topological polar surface area (TPSA) is 96.7 Å². The summed E-state index contributed by atoms with van der Waals surface area (Å²) in [5, 5.41) is 11.9. The number of carbonyl (C=O) groups excluding carboxylic acids is 1. The summed E-state index contributed by atoms with van der Waals surface area (Å²) in [6, 6.07) is 1.11. The monoisotopic (exact) mass is 526 g/mol. The van der Waals surface area contributed by atoms with E-state index in [4.69, 9.17) is 11.6 Å². The molecule has 4 rings (SSSR count). The third-order valence-electron chi connectivity index (χ3n) is 8.85. The average molecular weight is 527 g/mol. The van der Waals surface area contributed by atoms with Gasteiger partial charge >= 0.3 is 0 Å². The lowest BCUT2D eigenvalue weighted by Gasteiger charge is -2.53. The van der Waals surface area contributed by atoms with Crippen molar-refractivity contribution in [1.82, 2.24) is 9.47 Å². The lowest BCUT2D eigenvalue weighted by atomic mass is 9.65. The van der Waals surface area contributed by atoms with Crippen LogP contribution in [0.2, 0.25) is 5.02 Å². The summed E-state index contributed by atoms with van der Waals surface area (Å²) in [4.78, 5) is 28.0. The lowest BCUT2D eigenvalue weighted by molar-refractivity contribution is -0.163. The molecule has 7 nitrogen and oxygen atoms in total. The fourth-order valence-electron chi connectivity index (χ4n) is 6.83. The number of hydrogen-bond acceptors (Lipinski definition) is 5. The molecular weight excluding hydrogens is 488 g/mol. The van der Waals surface area contributed by atoms with Crippen molar-refractivity contribution in [3.63, 3.8) is 0 Å². The highest BCUT2D eigenvalue weighted by Crippen LogP contribution is 2.52. The van der Waals surface area contributed by atoms with Crippen molar-refractivity contribution in [3.05, 3.63) is 27.6 Å². The molecule has 9 heteroatoms. The van der Waals surface area contributed by atoms with Crippen LogP contribution in [0.25, 0.3) is 0 Å². The molecule has 1 aliphatic heterocycles. The Morgan fingerprint density at radius 1 is 1.17 bits per heavy atom. The van der Waals surface area contributed by atoms with Crippen molar-refractivity contribution in [2.75, 3.05) is 19.3 Å². The molecule has 2 heterocycles. The highest BCUT2D eigenvalue weighted by atomic mass is 35.5. The third-order valence-corrected chi connectivity index (χ3v) is 10.4. The van der Waals surface area contributed by atoms with E-state index in [0.717, 1.165) is 44.4 Å². The Kier molecular flexibility index (Phi) is 7.75. The number of nitrogens with zero attached hydrogens (tertiary/aromatic N) is 2. The summed E-state index contributed by atoms with van der Waals surface area (Å²) in [5.74, 6) is 0.775. The SMILES string of the molecule is CC(CC1CCCCC1)C(=O)N1CCC(O)(Cn2cc(S(C)(=O)=O)c(Cl)cc2=O)C2(CCCC2)C1. The molecule has 0 bridgehead atoms. The van der Waals surface area contributed by atoms with Crippen LogP contribution in [0.1, 0.15) is 77.6 Å². The molecule has 35 heavy (non-hydrogen) atoms. The zero-order valence-electron chi connectivity index (χ0n) is 21.0. The van der Waals surface area contributed by atoms with Gasteiger partial charge in [-0.3, -0.25) is 9.59 Å². The van der Waals surface area contributed by atoms with E-state index in [0.29, 0.717) is 25.4 Å².